The highest BCUT2D eigenvalue weighted by Gasteiger charge is 2.05. The Kier molecular flexibility index (Phi) is 4.34. The minimum absolute atomic E-state index is 0.151. The fraction of sp³-hybridized carbons (Fsp3) is 0.300. The molecule has 2 N–H and O–H groups in total. The molecular weight excluding hydrogens is 293 g/mol. The van der Waals surface area contributed by atoms with E-state index in [2.05, 4.69) is 27.9 Å². The summed E-state index contributed by atoms with van der Waals surface area (Å²) in [5, 5.41) is 11.6. The Morgan fingerprint density at radius 2 is 2.07 bits per heavy atom. The Morgan fingerprint density at radius 3 is 2.57 bits per heavy atom. The average molecular weight is 305 g/mol. The van der Waals surface area contributed by atoms with Crippen LogP contribution in [0.3, 0.4) is 0 Å². The normalized spacial score (nSPS) is 12.2. The van der Waals surface area contributed by atoms with E-state index < -0.39 is 6.10 Å². The van der Waals surface area contributed by atoms with Gasteiger partial charge in [-0.1, -0.05) is 0 Å². The highest BCUT2D eigenvalue weighted by Crippen LogP contribution is 2.06. The fourth-order valence-electron chi connectivity index (χ4n) is 0.944. The topological polar surface area (TPSA) is 49.3 Å². The maximum absolute atomic E-state index is 11.4. The second kappa shape index (κ2) is 5.31. The summed E-state index contributed by atoms with van der Waals surface area (Å²) in [6, 6.07) is 7.27. The van der Waals surface area contributed by atoms with E-state index >= 15 is 0 Å². The highest BCUT2D eigenvalue weighted by molar-refractivity contribution is 14.1. The Hall–Kier alpha value is -0.620. The van der Waals surface area contributed by atoms with E-state index in [4.69, 9.17) is 5.11 Å². The first-order valence-electron chi connectivity index (χ1n) is 4.31. The molecular formula is C10H12INO2. The lowest BCUT2D eigenvalue weighted by atomic mass is 10.2. The molecule has 0 fully saturated rings. The SMILES string of the molecule is C[C@@H](O)CNC(=O)c1ccc(I)cc1. The van der Waals surface area contributed by atoms with Gasteiger partial charge in [-0.05, 0) is 53.8 Å². The van der Waals surface area contributed by atoms with Gasteiger partial charge in [0.25, 0.3) is 5.91 Å². The highest BCUT2D eigenvalue weighted by atomic mass is 127. The molecule has 0 spiro atoms. The summed E-state index contributed by atoms with van der Waals surface area (Å²) in [6.45, 7) is 1.92. The van der Waals surface area contributed by atoms with Gasteiger partial charge in [0.05, 0.1) is 6.10 Å². The van der Waals surface area contributed by atoms with Gasteiger partial charge in [0, 0.05) is 15.7 Å². The van der Waals surface area contributed by atoms with Gasteiger partial charge in [0.1, 0.15) is 0 Å². The number of nitrogens with one attached hydrogen (secondary N) is 1. The van der Waals surface area contributed by atoms with Gasteiger partial charge in [-0.2, -0.15) is 0 Å². The van der Waals surface area contributed by atoms with Crippen molar-refractivity contribution in [2.75, 3.05) is 6.54 Å². The van der Waals surface area contributed by atoms with Crippen LogP contribution in [0.4, 0.5) is 0 Å². The quantitative estimate of drug-likeness (QED) is 0.830. The lowest BCUT2D eigenvalue weighted by molar-refractivity contribution is 0.0924. The molecule has 0 unspecified atom stereocenters. The number of hydrogen-bond donors (Lipinski definition) is 2. The molecule has 0 radical (unpaired) electrons. The predicted octanol–water partition coefficient (Wildman–Crippen LogP) is 1.40. The van der Waals surface area contributed by atoms with E-state index in [1.807, 2.05) is 12.1 Å². The third-order valence-corrected chi connectivity index (χ3v) is 2.38. The van der Waals surface area contributed by atoms with Crippen LogP contribution in [-0.4, -0.2) is 23.7 Å². The molecule has 1 rings (SSSR count). The van der Waals surface area contributed by atoms with E-state index in [-0.39, 0.29) is 12.5 Å². The van der Waals surface area contributed by atoms with Crippen molar-refractivity contribution in [3.63, 3.8) is 0 Å². The number of benzene rings is 1. The second-order valence-electron chi connectivity index (χ2n) is 3.07. The molecule has 4 heteroatoms. The van der Waals surface area contributed by atoms with Crippen molar-refractivity contribution in [2.45, 2.75) is 13.0 Å². The summed E-state index contributed by atoms with van der Waals surface area (Å²) in [6.07, 6.45) is -0.511. The average Bonchev–Trinajstić information content (AvgIpc) is 2.15. The van der Waals surface area contributed by atoms with E-state index in [0.29, 0.717) is 5.56 Å². The predicted molar refractivity (Wildman–Crippen MR) is 63.2 cm³/mol. The van der Waals surface area contributed by atoms with Gasteiger partial charge in [0.2, 0.25) is 0 Å². The standard InChI is InChI=1S/C10H12INO2/c1-7(13)6-12-10(14)8-2-4-9(11)5-3-8/h2-5,7,13H,6H2,1H3,(H,12,14)/t7-/m1/s1. The Morgan fingerprint density at radius 1 is 1.50 bits per heavy atom. The third-order valence-electron chi connectivity index (χ3n) is 1.66. The van der Waals surface area contributed by atoms with Crippen molar-refractivity contribution in [1.29, 1.82) is 0 Å². The van der Waals surface area contributed by atoms with Crippen LogP contribution in [0.15, 0.2) is 24.3 Å². The first kappa shape index (κ1) is 11.5. The van der Waals surface area contributed by atoms with Crippen molar-refractivity contribution >= 4 is 28.5 Å². The summed E-state index contributed by atoms with van der Waals surface area (Å²) in [5.41, 5.74) is 0.617. The number of rotatable bonds is 3. The molecule has 3 nitrogen and oxygen atoms in total. The maximum atomic E-state index is 11.4. The molecule has 0 heterocycles. The largest absolute Gasteiger partial charge is 0.392 e. The lowest BCUT2D eigenvalue weighted by Gasteiger charge is -2.06. The van der Waals surface area contributed by atoms with Crippen molar-refractivity contribution < 1.29 is 9.90 Å². The first-order chi connectivity index (χ1) is 6.59. The van der Waals surface area contributed by atoms with Crippen LogP contribution in [0.1, 0.15) is 17.3 Å². The minimum Gasteiger partial charge on any atom is -0.392 e. The molecule has 1 aromatic carbocycles. The zero-order valence-electron chi connectivity index (χ0n) is 7.83. The number of amides is 1. The molecule has 0 aromatic heterocycles. The minimum atomic E-state index is -0.511. The number of aliphatic hydroxyl groups excluding tert-OH is 1. The summed E-state index contributed by atoms with van der Waals surface area (Å²) in [5.74, 6) is -0.151. The summed E-state index contributed by atoms with van der Waals surface area (Å²) < 4.78 is 1.09. The molecule has 14 heavy (non-hydrogen) atoms. The Bertz CT molecular complexity index is 308. The Balaban J connectivity index is 2.57. The third kappa shape index (κ3) is 3.63. The number of carbonyl (C=O) groups is 1. The molecule has 0 aliphatic carbocycles. The van der Waals surface area contributed by atoms with Crippen LogP contribution >= 0.6 is 22.6 Å². The van der Waals surface area contributed by atoms with Gasteiger partial charge in [-0.15, -0.1) is 0 Å². The van der Waals surface area contributed by atoms with Crippen LogP contribution in [0.2, 0.25) is 0 Å². The molecule has 1 amide bonds. The Labute approximate surface area is 96.7 Å². The molecule has 0 aliphatic rings. The molecule has 76 valence electrons. The van der Waals surface area contributed by atoms with E-state index in [1.165, 1.54) is 0 Å². The van der Waals surface area contributed by atoms with Gasteiger partial charge < -0.3 is 10.4 Å². The van der Waals surface area contributed by atoms with Crippen molar-refractivity contribution in [3.05, 3.63) is 33.4 Å². The van der Waals surface area contributed by atoms with Gasteiger partial charge >= 0.3 is 0 Å². The fourth-order valence-corrected chi connectivity index (χ4v) is 1.30. The molecule has 0 saturated heterocycles. The molecule has 1 atom stereocenters. The summed E-state index contributed by atoms with van der Waals surface area (Å²) in [7, 11) is 0. The van der Waals surface area contributed by atoms with Crippen LogP contribution in [0.5, 0.6) is 0 Å². The number of carbonyl (C=O) groups excluding carboxylic acids is 1. The van der Waals surface area contributed by atoms with Crippen LogP contribution in [0.25, 0.3) is 0 Å². The van der Waals surface area contributed by atoms with E-state index in [0.717, 1.165) is 3.57 Å². The lowest BCUT2D eigenvalue weighted by Crippen LogP contribution is -2.30. The number of halogens is 1. The molecule has 0 saturated carbocycles. The van der Waals surface area contributed by atoms with Crippen molar-refractivity contribution in [3.8, 4) is 0 Å². The first-order valence-corrected chi connectivity index (χ1v) is 5.39. The van der Waals surface area contributed by atoms with Crippen LogP contribution in [-0.2, 0) is 0 Å². The van der Waals surface area contributed by atoms with E-state index in [1.54, 1.807) is 19.1 Å². The number of hydrogen-bond acceptors (Lipinski definition) is 2. The van der Waals surface area contributed by atoms with Crippen LogP contribution < -0.4 is 5.32 Å². The molecule has 0 bridgehead atoms. The van der Waals surface area contributed by atoms with Crippen LogP contribution in [0, 0.1) is 3.57 Å². The number of aliphatic hydroxyl groups is 1. The monoisotopic (exact) mass is 305 g/mol. The van der Waals surface area contributed by atoms with Gasteiger partial charge in [-0.25, -0.2) is 0 Å². The van der Waals surface area contributed by atoms with E-state index in [9.17, 15) is 4.79 Å². The summed E-state index contributed by atoms with van der Waals surface area (Å²) >= 11 is 2.18. The van der Waals surface area contributed by atoms with Gasteiger partial charge in [0.15, 0.2) is 0 Å². The van der Waals surface area contributed by atoms with Gasteiger partial charge in [-0.3, -0.25) is 4.79 Å². The smallest absolute Gasteiger partial charge is 0.251 e. The zero-order chi connectivity index (χ0) is 10.6. The maximum Gasteiger partial charge on any atom is 0.251 e. The van der Waals surface area contributed by atoms with Crippen molar-refractivity contribution in [1.82, 2.24) is 5.32 Å². The molecule has 1 aromatic rings. The molecule has 0 aliphatic heterocycles. The zero-order valence-corrected chi connectivity index (χ0v) is 9.98. The van der Waals surface area contributed by atoms with Crippen molar-refractivity contribution in [2.24, 2.45) is 0 Å². The summed E-state index contributed by atoms with van der Waals surface area (Å²) in [4.78, 5) is 11.4. The second-order valence-corrected chi connectivity index (χ2v) is 4.31.